The summed E-state index contributed by atoms with van der Waals surface area (Å²) < 4.78 is 6.89. The van der Waals surface area contributed by atoms with Crippen LogP contribution in [0.4, 0.5) is 0 Å². The topological polar surface area (TPSA) is 35.2 Å². The van der Waals surface area contributed by atoms with Crippen LogP contribution in [0.25, 0.3) is 0 Å². The van der Waals surface area contributed by atoms with E-state index in [2.05, 4.69) is 22.0 Å². The molecule has 0 fully saturated rings. The average molecular weight is 336 g/mol. The Morgan fingerprint density at radius 2 is 1.84 bits per heavy atom. The zero-order chi connectivity index (χ0) is 14.0. The van der Waals surface area contributed by atoms with Crippen molar-refractivity contribution >= 4 is 33.1 Å². The summed E-state index contributed by atoms with van der Waals surface area (Å²) in [5, 5.41) is 0. The Hall–Kier alpha value is -1.39. The van der Waals surface area contributed by atoms with Crippen molar-refractivity contribution in [3.63, 3.8) is 0 Å². The summed E-state index contributed by atoms with van der Waals surface area (Å²) in [5.74, 6) is 1.48. The van der Waals surface area contributed by atoms with Gasteiger partial charge in [-0.2, -0.15) is 0 Å². The average Bonchev–Trinajstić information content (AvgIpc) is 2.33. The van der Waals surface area contributed by atoms with Gasteiger partial charge < -0.3 is 10.5 Å². The molecule has 0 unspecified atom stereocenters. The van der Waals surface area contributed by atoms with Gasteiger partial charge in [0.25, 0.3) is 0 Å². The number of halogens is 1. The zero-order valence-corrected chi connectivity index (χ0v) is 13.1. The second-order valence-electron chi connectivity index (χ2n) is 4.38. The Balaban J connectivity index is 2.45. The second-order valence-corrected chi connectivity index (χ2v) is 5.73. The molecule has 0 aliphatic rings. The largest absolute Gasteiger partial charge is 0.456 e. The monoisotopic (exact) mass is 335 g/mol. The first-order chi connectivity index (χ1) is 8.97. The number of rotatable bonds is 3. The molecule has 0 saturated carbocycles. The van der Waals surface area contributed by atoms with Crippen LogP contribution in [0, 0.1) is 13.8 Å². The normalized spacial score (nSPS) is 10.3. The quantitative estimate of drug-likeness (QED) is 0.839. The highest BCUT2D eigenvalue weighted by molar-refractivity contribution is 9.10. The van der Waals surface area contributed by atoms with E-state index in [1.165, 1.54) is 0 Å². The summed E-state index contributed by atoms with van der Waals surface area (Å²) in [6.07, 6.45) is 0. The summed E-state index contributed by atoms with van der Waals surface area (Å²) in [6.45, 7) is 4.04. The van der Waals surface area contributed by atoms with Crippen LogP contribution in [0.2, 0.25) is 0 Å². The summed E-state index contributed by atoms with van der Waals surface area (Å²) in [7, 11) is 0. The molecule has 0 heterocycles. The van der Waals surface area contributed by atoms with E-state index in [0.717, 1.165) is 26.9 Å². The first-order valence-electron chi connectivity index (χ1n) is 5.82. The van der Waals surface area contributed by atoms with E-state index in [4.69, 9.17) is 22.7 Å². The molecule has 2 N–H and O–H groups in total. The number of hydrogen-bond acceptors (Lipinski definition) is 2. The Bertz CT molecular complexity index is 640. The van der Waals surface area contributed by atoms with Crippen LogP contribution in [0.1, 0.15) is 16.7 Å². The molecule has 0 radical (unpaired) electrons. The Morgan fingerprint density at radius 3 is 2.53 bits per heavy atom. The van der Waals surface area contributed by atoms with Crippen molar-refractivity contribution in [3.05, 3.63) is 57.6 Å². The van der Waals surface area contributed by atoms with Gasteiger partial charge in [0.15, 0.2) is 0 Å². The zero-order valence-electron chi connectivity index (χ0n) is 10.7. The van der Waals surface area contributed by atoms with E-state index >= 15 is 0 Å². The van der Waals surface area contributed by atoms with Crippen molar-refractivity contribution in [1.29, 1.82) is 0 Å². The van der Waals surface area contributed by atoms with E-state index in [1.807, 2.05) is 44.2 Å². The lowest BCUT2D eigenvalue weighted by atomic mass is 10.1. The first-order valence-corrected chi connectivity index (χ1v) is 7.02. The summed E-state index contributed by atoms with van der Waals surface area (Å²) in [5.41, 5.74) is 8.67. The molecule has 98 valence electrons. The molecule has 2 nitrogen and oxygen atoms in total. The molecule has 0 bridgehead atoms. The summed E-state index contributed by atoms with van der Waals surface area (Å²) in [4.78, 5) is 0.327. The number of benzene rings is 2. The smallest absolute Gasteiger partial charge is 0.138 e. The molecule has 2 rings (SSSR count). The third-order valence-electron chi connectivity index (χ3n) is 2.77. The van der Waals surface area contributed by atoms with Crippen molar-refractivity contribution in [1.82, 2.24) is 0 Å². The van der Waals surface area contributed by atoms with Crippen molar-refractivity contribution in [2.24, 2.45) is 5.73 Å². The fraction of sp³-hybridized carbons (Fsp3) is 0.133. The third kappa shape index (κ3) is 3.33. The molecule has 0 aromatic heterocycles. The van der Waals surface area contributed by atoms with Crippen LogP contribution in [0.15, 0.2) is 40.9 Å². The van der Waals surface area contributed by atoms with Crippen molar-refractivity contribution in [2.45, 2.75) is 13.8 Å². The first kappa shape index (κ1) is 14.0. The van der Waals surface area contributed by atoms with Crippen LogP contribution in [-0.4, -0.2) is 4.99 Å². The molecule has 2 aromatic carbocycles. The van der Waals surface area contributed by atoms with E-state index in [0.29, 0.717) is 10.7 Å². The molecule has 0 spiro atoms. The molecule has 0 atom stereocenters. The fourth-order valence-electron chi connectivity index (χ4n) is 1.72. The van der Waals surface area contributed by atoms with Crippen LogP contribution in [0.5, 0.6) is 11.5 Å². The van der Waals surface area contributed by atoms with Crippen molar-refractivity contribution < 1.29 is 4.74 Å². The predicted octanol–water partition coefficient (Wildman–Crippen LogP) is 4.49. The maximum atomic E-state index is 5.97. The molecular formula is C15H14BrNOS. The second kappa shape index (κ2) is 5.72. The third-order valence-corrected chi connectivity index (χ3v) is 3.49. The molecule has 0 saturated heterocycles. The molecule has 19 heavy (non-hydrogen) atoms. The minimum atomic E-state index is 0.327. The summed E-state index contributed by atoms with van der Waals surface area (Å²) in [6, 6.07) is 11.7. The van der Waals surface area contributed by atoms with Crippen molar-refractivity contribution in [2.75, 3.05) is 0 Å². The highest BCUT2D eigenvalue weighted by atomic mass is 79.9. The van der Waals surface area contributed by atoms with Gasteiger partial charge in [-0.1, -0.05) is 40.3 Å². The van der Waals surface area contributed by atoms with E-state index in [-0.39, 0.29) is 0 Å². The van der Waals surface area contributed by atoms with E-state index in [9.17, 15) is 0 Å². The number of hydrogen-bond donors (Lipinski definition) is 1. The highest BCUT2D eigenvalue weighted by Crippen LogP contribution is 2.31. The lowest BCUT2D eigenvalue weighted by Crippen LogP contribution is -2.10. The maximum Gasteiger partial charge on any atom is 0.138 e. The molecule has 0 aliphatic heterocycles. The Kier molecular flexibility index (Phi) is 4.22. The van der Waals surface area contributed by atoms with Gasteiger partial charge in [0, 0.05) is 4.47 Å². The van der Waals surface area contributed by atoms with Crippen LogP contribution in [0.3, 0.4) is 0 Å². The summed E-state index contributed by atoms with van der Waals surface area (Å²) >= 11 is 8.48. The minimum absolute atomic E-state index is 0.327. The van der Waals surface area contributed by atoms with E-state index < -0.39 is 0 Å². The molecule has 4 heteroatoms. The molecular weight excluding hydrogens is 322 g/mol. The molecule has 0 amide bonds. The number of thiocarbonyl (C=S) groups is 1. The number of ether oxygens (including phenoxy) is 1. The minimum Gasteiger partial charge on any atom is -0.456 e. The lowest BCUT2D eigenvalue weighted by molar-refractivity contribution is 0.477. The van der Waals surface area contributed by atoms with Gasteiger partial charge in [0.1, 0.15) is 16.5 Å². The van der Waals surface area contributed by atoms with Gasteiger partial charge in [-0.05, 0) is 49.2 Å². The van der Waals surface area contributed by atoms with Gasteiger partial charge in [-0.25, -0.2) is 0 Å². The van der Waals surface area contributed by atoms with Gasteiger partial charge in [-0.3, -0.25) is 0 Å². The molecule has 0 aliphatic carbocycles. The van der Waals surface area contributed by atoms with Crippen LogP contribution < -0.4 is 10.5 Å². The number of aryl methyl sites for hydroxylation is 2. The Morgan fingerprint density at radius 1 is 1.11 bits per heavy atom. The maximum absolute atomic E-state index is 5.97. The SMILES string of the molecule is Cc1ccc(C)c(Oc2cc(Br)ccc2C(N)=S)c1. The van der Waals surface area contributed by atoms with Crippen LogP contribution in [-0.2, 0) is 0 Å². The van der Waals surface area contributed by atoms with Gasteiger partial charge in [-0.15, -0.1) is 0 Å². The van der Waals surface area contributed by atoms with Crippen molar-refractivity contribution in [3.8, 4) is 11.5 Å². The van der Waals surface area contributed by atoms with Gasteiger partial charge >= 0.3 is 0 Å². The van der Waals surface area contributed by atoms with Crippen LogP contribution >= 0.6 is 28.1 Å². The highest BCUT2D eigenvalue weighted by Gasteiger charge is 2.10. The fourth-order valence-corrected chi connectivity index (χ4v) is 2.23. The van der Waals surface area contributed by atoms with E-state index in [1.54, 1.807) is 0 Å². The Labute approximate surface area is 126 Å². The van der Waals surface area contributed by atoms with Gasteiger partial charge in [0.2, 0.25) is 0 Å². The molecule has 2 aromatic rings. The lowest BCUT2D eigenvalue weighted by Gasteiger charge is -2.13. The number of nitrogens with two attached hydrogens (primary N) is 1. The van der Waals surface area contributed by atoms with Gasteiger partial charge in [0.05, 0.1) is 5.56 Å². The predicted molar refractivity (Wildman–Crippen MR) is 86.0 cm³/mol. The standard InChI is InChI=1S/C15H14BrNOS/c1-9-3-4-10(2)13(7-9)18-14-8-11(16)5-6-12(14)15(17)19/h3-8H,1-2H3,(H2,17,19).